The minimum Gasteiger partial charge on any atom is -0.465 e. The van der Waals surface area contributed by atoms with E-state index in [4.69, 9.17) is 14.2 Å². The number of carbonyl (C=O) groups excluding carboxylic acids is 1. The molecule has 0 fully saturated rings. The summed E-state index contributed by atoms with van der Waals surface area (Å²) >= 11 is 0. The highest BCUT2D eigenvalue weighted by Gasteiger charge is 2.11. The summed E-state index contributed by atoms with van der Waals surface area (Å²) in [7, 11) is 3.01. The van der Waals surface area contributed by atoms with Gasteiger partial charge in [0.1, 0.15) is 11.4 Å². The molecule has 112 valence electrons. The summed E-state index contributed by atoms with van der Waals surface area (Å²) in [4.78, 5) is 15.7. The Morgan fingerprint density at radius 1 is 1.25 bits per heavy atom. The smallest absolute Gasteiger partial charge is 0.341 e. The zero-order chi connectivity index (χ0) is 14.6. The lowest BCUT2D eigenvalue weighted by Crippen LogP contribution is -2.11. The summed E-state index contributed by atoms with van der Waals surface area (Å²) < 4.78 is 15.0. The molecule has 0 radical (unpaired) electrons. The number of nitrogens with one attached hydrogen (secondary N) is 1. The van der Waals surface area contributed by atoms with Gasteiger partial charge in [0.25, 0.3) is 0 Å². The Morgan fingerprint density at radius 2 is 2.10 bits per heavy atom. The molecule has 6 nitrogen and oxygen atoms in total. The number of rotatable bonds is 10. The van der Waals surface area contributed by atoms with Crippen molar-refractivity contribution in [3.05, 3.63) is 23.9 Å². The molecule has 0 aliphatic rings. The Kier molecular flexibility index (Phi) is 8.33. The van der Waals surface area contributed by atoms with Gasteiger partial charge in [0.2, 0.25) is 0 Å². The quantitative estimate of drug-likeness (QED) is 0.520. The summed E-state index contributed by atoms with van der Waals surface area (Å²) in [5, 5.41) is 3.14. The minimum atomic E-state index is -0.386. The van der Waals surface area contributed by atoms with Crippen molar-refractivity contribution >= 4 is 11.8 Å². The van der Waals surface area contributed by atoms with Crippen molar-refractivity contribution in [2.75, 3.05) is 45.9 Å². The van der Waals surface area contributed by atoms with Crippen LogP contribution < -0.4 is 5.32 Å². The Bertz CT molecular complexity index is 399. The Morgan fingerprint density at radius 3 is 2.85 bits per heavy atom. The van der Waals surface area contributed by atoms with Gasteiger partial charge in [-0.3, -0.25) is 0 Å². The van der Waals surface area contributed by atoms with Crippen LogP contribution in [0, 0.1) is 0 Å². The fourth-order valence-corrected chi connectivity index (χ4v) is 1.60. The van der Waals surface area contributed by atoms with Crippen LogP contribution in [-0.4, -0.2) is 51.5 Å². The fourth-order valence-electron chi connectivity index (χ4n) is 1.60. The van der Waals surface area contributed by atoms with Gasteiger partial charge in [-0.2, -0.15) is 0 Å². The molecule has 0 aliphatic carbocycles. The molecule has 0 unspecified atom stereocenters. The lowest BCUT2D eigenvalue weighted by molar-refractivity contribution is 0.0601. The summed E-state index contributed by atoms with van der Waals surface area (Å²) in [6.45, 7) is 2.68. The predicted molar refractivity (Wildman–Crippen MR) is 76.0 cm³/mol. The van der Waals surface area contributed by atoms with Gasteiger partial charge in [0.15, 0.2) is 0 Å². The van der Waals surface area contributed by atoms with E-state index in [2.05, 4.69) is 10.3 Å². The van der Waals surface area contributed by atoms with Crippen LogP contribution in [0.15, 0.2) is 18.3 Å². The second-order valence-electron chi connectivity index (χ2n) is 4.13. The largest absolute Gasteiger partial charge is 0.465 e. The van der Waals surface area contributed by atoms with Crippen LogP contribution in [0.4, 0.5) is 5.82 Å². The highest BCUT2D eigenvalue weighted by Crippen LogP contribution is 2.12. The van der Waals surface area contributed by atoms with E-state index in [1.54, 1.807) is 25.4 Å². The lowest BCUT2D eigenvalue weighted by Gasteiger charge is -2.09. The van der Waals surface area contributed by atoms with Gasteiger partial charge < -0.3 is 19.5 Å². The summed E-state index contributed by atoms with van der Waals surface area (Å²) in [5.41, 5.74) is 0.450. The van der Waals surface area contributed by atoms with E-state index in [9.17, 15) is 4.79 Å². The highest BCUT2D eigenvalue weighted by molar-refractivity contribution is 5.94. The highest BCUT2D eigenvalue weighted by atomic mass is 16.5. The predicted octanol–water partition coefficient (Wildman–Crippen LogP) is 1.72. The molecule has 6 heteroatoms. The van der Waals surface area contributed by atoms with Gasteiger partial charge in [-0.05, 0) is 25.0 Å². The monoisotopic (exact) mass is 282 g/mol. The van der Waals surface area contributed by atoms with E-state index >= 15 is 0 Å². The third-order valence-electron chi connectivity index (χ3n) is 2.65. The molecule has 0 aliphatic heterocycles. The maximum absolute atomic E-state index is 11.5. The molecule has 1 N–H and O–H groups in total. The van der Waals surface area contributed by atoms with Crippen molar-refractivity contribution in [3.8, 4) is 0 Å². The zero-order valence-electron chi connectivity index (χ0n) is 12.1. The molecule has 0 saturated carbocycles. The fraction of sp³-hybridized carbons (Fsp3) is 0.571. The zero-order valence-corrected chi connectivity index (χ0v) is 12.1. The number of nitrogens with zero attached hydrogens (tertiary/aromatic N) is 1. The Hall–Kier alpha value is -1.66. The summed E-state index contributed by atoms with van der Waals surface area (Å²) in [6.07, 6.45) is 3.52. The molecule has 20 heavy (non-hydrogen) atoms. The molecule has 0 aromatic carbocycles. The van der Waals surface area contributed by atoms with Gasteiger partial charge in [-0.25, -0.2) is 9.78 Å². The first kappa shape index (κ1) is 16.4. The van der Waals surface area contributed by atoms with Crippen molar-refractivity contribution in [2.24, 2.45) is 0 Å². The lowest BCUT2D eigenvalue weighted by atomic mass is 10.2. The number of pyridine rings is 1. The van der Waals surface area contributed by atoms with Gasteiger partial charge in [-0.15, -0.1) is 0 Å². The minimum absolute atomic E-state index is 0.386. The van der Waals surface area contributed by atoms with Crippen LogP contribution in [-0.2, 0) is 14.2 Å². The number of unbranched alkanes of at least 4 members (excludes halogenated alkanes) is 1. The van der Waals surface area contributed by atoms with Gasteiger partial charge in [-0.1, -0.05) is 0 Å². The molecule has 1 aromatic heterocycles. The van der Waals surface area contributed by atoms with Crippen LogP contribution in [0.25, 0.3) is 0 Å². The topological polar surface area (TPSA) is 69.7 Å². The maximum atomic E-state index is 11.5. The molecule has 0 bridgehead atoms. The number of hydrogen-bond acceptors (Lipinski definition) is 6. The summed E-state index contributed by atoms with van der Waals surface area (Å²) in [6, 6.07) is 3.40. The first-order valence-corrected chi connectivity index (χ1v) is 6.63. The van der Waals surface area contributed by atoms with E-state index in [1.165, 1.54) is 7.11 Å². The molecule has 1 aromatic rings. The first-order chi connectivity index (χ1) is 9.79. The molecule has 0 atom stereocenters. The SMILES string of the molecule is COCCOCCCCNc1ncccc1C(=O)OC. The van der Waals surface area contributed by atoms with E-state index in [0.29, 0.717) is 31.2 Å². The van der Waals surface area contributed by atoms with Crippen molar-refractivity contribution < 1.29 is 19.0 Å². The van der Waals surface area contributed by atoms with Gasteiger partial charge in [0, 0.05) is 26.5 Å². The number of aromatic nitrogens is 1. The second-order valence-corrected chi connectivity index (χ2v) is 4.13. The number of anilines is 1. The van der Waals surface area contributed by atoms with Crippen LogP contribution >= 0.6 is 0 Å². The van der Waals surface area contributed by atoms with E-state index < -0.39 is 0 Å². The first-order valence-electron chi connectivity index (χ1n) is 6.63. The normalized spacial score (nSPS) is 10.3. The second kappa shape index (κ2) is 10.2. The number of methoxy groups -OCH3 is 2. The van der Waals surface area contributed by atoms with Crippen LogP contribution in [0.2, 0.25) is 0 Å². The van der Waals surface area contributed by atoms with Crippen molar-refractivity contribution in [1.29, 1.82) is 0 Å². The van der Waals surface area contributed by atoms with E-state index in [-0.39, 0.29) is 5.97 Å². The average molecular weight is 282 g/mol. The third kappa shape index (κ3) is 5.99. The molecule has 1 heterocycles. The van der Waals surface area contributed by atoms with E-state index in [1.807, 2.05) is 0 Å². The number of hydrogen-bond donors (Lipinski definition) is 1. The van der Waals surface area contributed by atoms with Gasteiger partial charge in [0.05, 0.1) is 20.3 Å². The molecule has 1 rings (SSSR count). The average Bonchev–Trinajstić information content (AvgIpc) is 2.49. The van der Waals surface area contributed by atoms with Gasteiger partial charge >= 0.3 is 5.97 Å². The maximum Gasteiger partial charge on any atom is 0.341 e. The standard InChI is InChI=1S/C14H22N2O4/c1-18-10-11-20-9-4-3-7-15-13-12(14(17)19-2)6-5-8-16-13/h5-6,8H,3-4,7,9-11H2,1-2H3,(H,15,16). The van der Waals surface area contributed by atoms with Crippen molar-refractivity contribution in [1.82, 2.24) is 4.98 Å². The summed E-state index contributed by atoms with van der Waals surface area (Å²) in [5.74, 6) is 0.170. The molecular weight excluding hydrogens is 260 g/mol. The Labute approximate surface area is 119 Å². The van der Waals surface area contributed by atoms with Crippen LogP contribution in [0.3, 0.4) is 0 Å². The van der Waals surface area contributed by atoms with Crippen molar-refractivity contribution in [2.45, 2.75) is 12.8 Å². The van der Waals surface area contributed by atoms with E-state index in [0.717, 1.165) is 19.4 Å². The molecule has 0 amide bonds. The Balaban J connectivity index is 2.23. The number of carbonyl (C=O) groups is 1. The van der Waals surface area contributed by atoms with Crippen LogP contribution in [0.5, 0.6) is 0 Å². The molecule has 0 saturated heterocycles. The third-order valence-corrected chi connectivity index (χ3v) is 2.65. The van der Waals surface area contributed by atoms with Crippen molar-refractivity contribution in [3.63, 3.8) is 0 Å². The number of esters is 1. The molecular formula is C14H22N2O4. The molecule has 0 spiro atoms. The number of ether oxygens (including phenoxy) is 3. The van der Waals surface area contributed by atoms with Crippen LogP contribution in [0.1, 0.15) is 23.2 Å².